The first-order valence-electron chi connectivity index (χ1n) is 7.36. The largest absolute Gasteiger partial charge is 0.228 e. The Balaban J connectivity index is 2.26. The molecule has 0 fully saturated rings. The van der Waals surface area contributed by atoms with E-state index in [4.69, 9.17) is 11.6 Å². The van der Waals surface area contributed by atoms with Gasteiger partial charge in [0, 0.05) is 12.6 Å². The number of aryl methyl sites for hydroxylation is 1. The van der Waals surface area contributed by atoms with Gasteiger partial charge in [-0.1, -0.05) is 24.3 Å². The van der Waals surface area contributed by atoms with Crippen molar-refractivity contribution in [1.29, 1.82) is 0 Å². The van der Waals surface area contributed by atoms with Gasteiger partial charge in [-0.05, 0) is 56.0 Å². The summed E-state index contributed by atoms with van der Waals surface area (Å²) in [6, 6.07) is 7.59. The van der Waals surface area contributed by atoms with Gasteiger partial charge in [-0.3, -0.25) is 0 Å². The standard InChI is InChI=1S/C17H21ClN2O2S/c1-12-10-19-16(18)20-15(12)9-13-6-5-7-14(8-13)11-23(21,22)17(2,3)4/h5-8,10H,9,11H2,1-4H3. The van der Waals surface area contributed by atoms with E-state index in [2.05, 4.69) is 9.97 Å². The third-order valence-corrected chi connectivity index (χ3v) is 6.46. The molecule has 0 amide bonds. The lowest BCUT2D eigenvalue weighted by atomic mass is 10.0. The van der Waals surface area contributed by atoms with Crippen LogP contribution in [0.4, 0.5) is 0 Å². The second kappa shape index (κ2) is 6.57. The lowest BCUT2D eigenvalue weighted by Gasteiger charge is -2.19. The maximum absolute atomic E-state index is 12.4. The summed E-state index contributed by atoms with van der Waals surface area (Å²) in [6.07, 6.45) is 2.29. The minimum absolute atomic E-state index is 0.0356. The van der Waals surface area contributed by atoms with Gasteiger partial charge in [0.05, 0.1) is 16.2 Å². The average Bonchev–Trinajstić information content (AvgIpc) is 2.41. The average molecular weight is 353 g/mol. The topological polar surface area (TPSA) is 59.9 Å². The molecule has 0 bridgehead atoms. The molecule has 0 spiro atoms. The summed E-state index contributed by atoms with van der Waals surface area (Å²) in [6.45, 7) is 7.09. The van der Waals surface area contributed by atoms with E-state index in [0.717, 1.165) is 22.4 Å². The quantitative estimate of drug-likeness (QED) is 0.786. The number of aromatic nitrogens is 2. The zero-order valence-electron chi connectivity index (χ0n) is 13.8. The van der Waals surface area contributed by atoms with Gasteiger partial charge >= 0.3 is 0 Å². The predicted molar refractivity (Wildman–Crippen MR) is 93.4 cm³/mol. The molecule has 23 heavy (non-hydrogen) atoms. The highest BCUT2D eigenvalue weighted by molar-refractivity contribution is 7.91. The lowest BCUT2D eigenvalue weighted by Crippen LogP contribution is -2.29. The molecule has 2 aromatic rings. The van der Waals surface area contributed by atoms with Crippen molar-refractivity contribution in [3.63, 3.8) is 0 Å². The van der Waals surface area contributed by atoms with Gasteiger partial charge in [-0.2, -0.15) is 0 Å². The summed E-state index contributed by atoms with van der Waals surface area (Å²) in [5.74, 6) is 0.0356. The number of nitrogens with zero attached hydrogens (tertiary/aromatic N) is 2. The maximum Gasteiger partial charge on any atom is 0.222 e. The molecular formula is C17H21ClN2O2S. The van der Waals surface area contributed by atoms with Crippen molar-refractivity contribution in [3.05, 3.63) is 58.1 Å². The number of rotatable bonds is 4. The summed E-state index contributed by atoms with van der Waals surface area (Å²) in [4.78, 5) is 8.20. The van der Waals surface area contributed by atoms with Gasteiger partial charge in [0.1, 0.15) is 0 Å². The van der Waals surface area contributed by atoms with Crippen LogP contribution < -0.4 is 0 Å². The van der Waals surface area contributed by atoms with E-state index >= 15 is 0 Å². The van der Waals surface area contributed by atoms with Crippen LogP contribution >= 0.6 is 11.6 Å². The normalized spacial score (nSPS) is 12.4. The van der Waals surface area contributed by atoms with Gasteiger partial charge < -0.3 is 0 Å². The molecule has 0 radical (unpaired) electrons. The Morgan fingerprint density at radius 3 is 2.48 bits per heavy atom. The molecule has 0 unspecified atom stereocenters. The van der Waals surface area contributed by atoms with E-state index in [1.165, 1.54) is 0 Å². The van der Waals surface area contributed by atoms with E-state index in [0.29, 0.717) is 6.42 Å². The third-order valence-electron chi connectivity index (χ3n) is 3.70. The van der Waals surface area contributed by atoms with Crippen LogP contribution in [0.1, 0.15) is 43.2 Å². The molecule has 0 saturated carbocycles. The second-order valence-electron chi connectivity index (χ2n) is 6.64. The van der Waals surface area contributed by atoms with Crippen molar-refractivity contribution in [2.75, 3.05) is 0 Å². The Kier molecular flexibility index (Phi) is 5.11. The van der Waals surface area contributed by atoms with Gasteiger partial charge in [0.25, 0.3) is 0 Å². The van der Waals surface area contributed by atoms with Crippen LogP contribution in [0.2, 0.25) is 5.28 Å². The number of sulfone groups is 1. The molecule has 1 aromatic carbocycles. The van der Waals surface area contributed by atoms with Crippen LogP contribution in [0.25, 0.3) is 0 Å². The van der Waals surface area contributed by atoms with Crippen molar-refractivity contribution >= 4 is 21.4 Å². The monoisotopic (exact) mass is 352 g/mol. The fraction of sp³-hybridized carbons (Fsp3) is 0.412. The summed E-state index contributed by atoms with van der Waals surface area (Å²) in [5.41, 5.74) is 3.60. The van der Waals surface area contributed by atoms with E-state index in [1.54, 1.807) is 27.0 Å². The molecule has 0 aliphatic rings. The zero-order chi connectivity index (χ0) is 17.3. The molecule has 0 aliphatic carbocycles. The molecule has 4 nitrogen and oxygen atoms in total. The van der Waals surface area contributed by atoms with Crippen molar-refractivity contribution in [2.24, 2.45) is 0 Å². The highest BCUT2D eigenvalue weighted by Crippen LogP contribution is 2.22. The van der Waals surface area contributed by atoms with Gasteiger partial charge in [-0.25, -0.2) is 18.4 Å². The molecule has 6 heteroatoms. The number of hydrogen-bond donors (Lipinski definition) is 0. The summed E-state index contributed by atoms with van der Waals surface area (Å²) >= 11 is 5.85. The molecular weight excluding hydrogens is 332 g/mol. The number of hydrogen-bond acceptors (Lipinski definition) is 4. The molecule has 0 N–H and O–H groups in total. The van der Waals surface area contributed by atoms with Crippen LogP contribution in [0.5, 0.6) is 0 Å². The van der Waals surface area contributed by atoms with E-state index in [-0.39, 0.29) is 11.0 Å². The number of halogens is 1. The first-order chi connectivity index (χ1) is 10.6. The molecule has 0 aliphatic heterocycles. The van der Waals surface area contributed by atoms with Crippen molar-refractivity contribution < 1.29 is 8.42 Å². The molecule has 0 saturated heterocycles. The van der Waals surface area contributed by atoms with Gasteiger partial charge in [0.2, 0.25) is 5.28 Å². The first-order valence-corrected chi connectivity index (χ1v) is 9.40. The van der Waals surface area contributed by atoms with Crippen LogP contribution in [0, 0.1) is 6.92 Å². The van der Waals surface area contributed by atoms with E-state index in [9.17, 15) is 8.42 Å². The summed E-state index contributed by atoms with van der Waals surface area (Å²) in [7, 11) is -3.20. The Hall–Kier alpha value is -1.46. The molecule has 1 heterocycles. The van der Waals surface area contributed by atoms with E-state index in [1.807, 2.05) is 31.2 Å². The number of benzene rings is 1. The molecule has 1 aromatic heterocycles. The first kappa shape index (κ1) is 17.9. The maximum atomic E-state index is 12.4. The Morgan fingerprint density at radius 1 is 1.17 bits per heavy atom. The fourth-order valence-corrected chi connectivity index (χ4v) is 3.29. The predicted octanol–water partition coefficient (Wildman–Crippen LogP) is 3.74. The van der Waals surface area contributed by atoms with E-state index < -0.39 is 14.6 Å². The SMILES string of the molecule is Cc1cnc(Cl)nc1Cc1cccc(CS(=O)(=O)C(C)(C)C)c1. The Bertz CT molecular complexity index is 812. The third kappa shape index (κ3) is 4.52. The minimum Gasteiger partial charge on any atom is -0.228 e. The Morgan fingerprint density at radius 2 is 1.83 bits per heavy atom. The molecule has 124 valence electrons. The lowest BCUT2D eigenvalue weighted by molar-refractivity contribution is 0.559. The minimum atomic E-state index is -3.20. The smallest absolute Gasteiger partial charge is 0.222 e. The Labute approximate surface area is 142 Å². The zero-order valence-corrected chi connectivity index (χ0v) is 15.4. The second-order valence-corrected chi connectivity index (χ2v) is 9.72. The van der Waals surface area contributed by atoms with Crippen molar-refractivity contribution in [1.82, 2.24) is 9.97 Å². The van der Waals surface area contributed by atoms with Crippen LogP contribution in [-0.4, -0.2) is 23.1 Å². The van der Waals surface area contributed by atoms with Crippen molar-refractivity contribution in [3.8, 4) is 0 Å². The van der Waals surface area contributed by atoms with Gasteiger partial charge in [-0.15, -0.1) is 0 Å². The highest BCUT2D eigenvalue weighted by Gasteiger charge is 2.28. The highest BCUT2D eigenvalue weighted by atomic mass is 35.5. The van der Waals surface area contributed by atoms with Gasteiger partial charge in [0.15, 0.2) is 9.84 Å². The van der Waals surface area contributed by atoms with Crippen LogP contribution in [0.15, 0.2) is 30.5 Å². The van der Waals surface area contributed by atoms with Crippen molar-refractivity contribution in [2.45, 2.75) is 44.6 Å². The van der Waals surface area contributed by atoms with Crippen LogP contribution in [-0.2, 0) is 22.0 Å². The molecule has 0 atom stereocenters. The summed E-state index contributed by atoms with van der Waals surface area (Å²) in [5, 5.41) is 0.220. The van der Waals surface area contributed by atoms with Crippen LogP contribution in [0.3, 0.4) is 0 Å². The fourth-order valence-electron chi connectivity index (χ4n) is 2.09. The molecule has 2 rings (SSSR count). The summed E-state index contributed by atoms with van der Waals surface area (Å²) < 4.78 is 23.9.